The maximum atomic E-state index is 12.4. The minimum Gasteiger partial charge on any atom is -0.381 e. The summed E-state index contributed by atoms with van der Waals surface area (Å²) in [4.78, 5) is 24.6. The summed E-state index contributed by atoms with van der Waals surface area (Å²) in [5, 5.41) is 6.19. The molecule has 0 radical (unpaired) electrons. The third kappa shape index (κ3) is 5.43. The second-order valence-corrected chi connectivity index (χ2v) is 6.70. The van der Waals surface area contributed by atoms with Crippen molar-refractivity contribution in [2.75, 3.05) is 23.8 Å². The maximum Gasteiger partial charge on any atom is 0.255 e. The molecule has 1 fully saturated rings. The van der Waals surface area contributed by atoms with Crippen LogP contribution in [0.5, 0.6) is 0 Å². The molecule has 0 aliphatic carbocycles. The van der Waals surface area contributed by atoms with E-state index in [2.05, 4.69) is 10.6 Å². The Morgan fingerprint density at radius 1 is 0.926 bits per heavy atom. The van der Waals surface area contributed by atoms with E-state index in [1.54, 1.807) is 48.5 Å². The summed E-state index contributed by atoms with van der Waals surface area (Å²) < 4.78 is 5.25. The predicted octanol–water partition coefficient (Wildman–Crippen LogP) is 3.46. The summed E-state index contributed by atoms with van der Waals surface area (Å²) in [6.45, 7) is 0.971. The predicted molar refractivity (Wildman–Crippen MR) is 109 cm³/mol. The quantitative estimate of drug-likeness (QED) is 0.720. The molecule has 8 heteroatoms. The van der Waals surface area contributed by atoms with Gasteiger partial charge >= 0.3 is 0 Å². The van der Waals surface area contributed by atoms with Crippen LogP contribution in [0.25, 0.3) is 0 Å². The molecule has 4 N–H and O–H groups in total. The molecule has 27 heavy (non-hydrogen) atoms. The molecule has 1 aliphatic heterocycles. The summed E-state index contributed by atoms with van der Waals surface area (Å²) >= 11 is 5.82. The minimum absolute atomic E-state index is 0. The summed E-state index contributed by atoms with van der Waals surface area (Å²) in [7, 11) is 0. The van der Waals surface area contributed by atoms with Crippen LogP contribution in [0.15, 0.2) is 48.5 Å². The SMILES string of the molecule is Cl.NC1(C(=O)Nc2ccc(NC(=O)c3ccc(Cl)cc3)cc2)CCOCC1. The molecule has 0 unspecified atom stereocenters. The minimum atomic E-state index is -0.903. The summed E-state index contributed by atoms with van der Waals surface area (Å²) in [6.07, 6.45) is 0.988. The first kappa shape index (κ1) is 21.2. The van der Waals surface area contributed by atoms with Gasteiger partial charge in [0.05, 0.1) is 0 Å². The molecule has 0 spiro atoms. The fourth-order valence-electron chi connectivity index (χ4n) is 2.66. The standard InChI is InChI=1S/C19H20ClN3O3.ClH/c20-14-3-1-13(2-4-14)17(24)22-15-5-7-16(8-6-15)23-18(25)19(21)9-11-26-12-10-19;/h1-8H,9-12,21H2,(H,22,24)(H,23,25);1H. The lowest BCUT2D eigenvalue weighted by Crippen LogP contribution is -2.54. The van der Waals surface area contributed by atoms with Gasteiger partial charge in [0.15, 0.2) is 0 Å². The van der Waals surface area contributed by atoms with Crippen LogP contribution in [0.4, 0.5) is 11.4 Å². The molecule has 1 aliphatic rings. The third-order valence-electron chi connectivity index (χ3n) is 4.34. The van der Waals surface area contributed by atoms with Gasteiger partial charge in [0.25, 0.3) is 5.91 Å². The third-order valence-corrected chi connectivity index (χ3v) is 4.60. The van der Waals surface area contributed by atoms with Crippen LogP contribution in [0.1, 0.15) is 23.2 Å². The van der Waals surface area contributed by atoms with Gasteiger partial charge in [0.2, 0.25) is 5.91 Å². The molecule has 2 amide bonds. The van der Waals surface area contributed by atoms with Crippen LogP contribution in [0.2, 0.25) is 5.02 Å². The van der Waals surface area contributed by atoms with Crippen molar-refractivity contribution in [1.82, 2.24) is 0 Å². The molecule has 3 rings (SSSR count). The van der Waals surface area contributed by atoms with Gasteiger partial charge in [0, 0.05) is 35.2 Å². The summed E-state index contributed by atoms with van der Waals surface area (Å²) in [5.74, 6) is -0.458. The van der Waals surface area contributed by atoms with E-state index < -0.39 is 5.54 Å². The number of nitrogens with one attached hydrogen (secondary N) is 2. The highest BCUT2D eigenvalue weighted by Crippen LogP contribution is 2.21. The number of rotatable bonds is 4. The van der Waals surface area contributed by atoms with Crippen LogP contribution in [0, 0.1) is 0 Å². The topological polar surface area (TPSA) is 93.5 Å². The molecular weight excluding hydrogens is 389 g/mol. The van der Waals surface area contributed by atoms with E-state index >= 15 is 0 Å². The first-order chi connectivity index (χ1) is 12.5. The van der Waals surface area contributed by atoms with Gasteiger partial charge in [-0.05, 0) is 61.4 Å². The molecule has 2 aromatic carbocycles. The van der Waals surface area contributed by atoms with E-state index in [1.807, 2.05) is 0 Å². The van der Waals surface area contributed by atoms with Crippen LogP contribution in [-0.2, 0) is 9.53 Å². The molecule has 1 saturated heterocycles. The van der Waals surface area contributed by atoms with Crippen LogP contribution < -0.4 is 16.4 Å². The van der Waals surface area contributed by atoms with Crippen molar-refractivity contribution < 1.29 is 14.3 Å². The maximum absolute atomic E-state index is 12.4. The van der Waals surface area contributed by atoms with Gasteiger partial charge in [-0.15, -0.1) is 12.4 Å². The average Bonchev–Trinajstić information content (AvgIpc) is 2.64. The number of carbonyl (C=O) groups is 2. The van der Waals surface area contributed by atoms with Crippen molar-refractivity contribution in [1.29, 1.82) is 0 Å². The second kappa shape index (κ2) is 9.19. The monoisotopic (exact) mass is 409 g/mol. The van der Waals surface area contributed by atoms with Crippen LogP contribution in [0.3, 0.4) is 0 Å². The smallest absolute Gasteiger partial charge is 0.255 e. The van der Waals surface area contributed by atoms with E-state index in [0.29, 0.717) is 48.0 Å². The molecule has 0 aromatic heterocycles. The van der Waals surface area contributed by atoms with E-state index in [4.69, 9.17) is 22.1 Å². The molecule has 144 valence electrons. The Morgan fingerprint density at radius 2 is 1.44 bits per heavy atom. The molecular formula is C19H21Cl2N3O3. The van der Waals surface area contributed by atoms with Gasteiger partial charge in [0.1, 0.15) is 5.54 Å². The number of benzene rings is 2. The van der Waals surface area contributed by atoms with Crippen LogP contribution >= 0.6 is 24.0 Å². The highest BCUT2D eigenvalue weighted by Gasteiger charge is 2.35. The van der Waals surface area contributed by atoms with Crippen molar-refractivity contribution in [3.63, 3.8) is 0 Å². The fourth-order valence-corrected chi connectivity index (χ4v) is 2.79. The summed E-state index contributed by atoms with van der Waals surface area (Å²) in [6, 6.07) is 13.5. The number of carbonyl (C=O) groups excluding carboxylic acids is 2. The molecule has 2 aromatic rings. The van der Waals surface area contributed by atoms with Crippen molar-refractivity contribution in [3.05, 3.63) is 59.1 Å². The largest absolute Gasteiger partial charge is 0.381 e. The number of halogens is 2. The van der Waals surface area contributed by atoms with Gasteiger partial charge in [-0.25, -0.2) is 0 Å². The zero-order valence-electron chi connectivity index (χ0n) is 14.5. The number of anilines is 2. The molecule has 0 bridgehead atoms. The molecule has 0 saturated carbocycles. The van der Waals surface area contributed by atoms with Gasteiger partial charge in [-0.1, -0.05) is 11.6 Å². The first-order valence-electron chi connectivity index (χ1n) is 8.31. The van der Waals surface area contributed by atoms with E-state index in [1.165, 1.54) is 0 Å². The Hall–Kier alpha value is -2.12. The highest BCUT2D eigenvalue weighted by atomic mass is 35.5. The van der Waals surface area contributed by atoms with Gasteiger partial charge in [-0.3, -0.25) is 9.59 Å². The Labute approximate surface area is 168 Å². The summed E-state index contributed by atoms with van der Waals surface area (Å²) in [5.41, 5.74) is 7.01. The average molecular weight is 410 g/mol. The number of hydrogen-bond acceptors (Lipinski definition) is 4. The number of nitrogens with two attached hydrogens (primary N) is 1. The fraction of sp³-hybridized carbons (Fsp3) is 0.263. The number of amides is 2. The highest BCUT2D eigenvalue weighted by molar-refractivity contribution is 6.30. The van der Waals surface area contributed by atoms with Crippen molar-refractivity contribution in [3.8, 4) is 0 Å². The van der Waals surface area contributed by atoms with E-state index in [-0.39, 0.29) is 24.2 Å². The molecule has 6 nitrogen and oxygen atoms in total. The van der Waals surface area contributed by atoms with E-state index in [9.17, 15) is 9.59 Å². The molecule has 0 atom stereocenters. The lowest BCUT2D eigenvalue weighted by molar-refractivity contribution is -0.124. The first-order valence-corrected chi connectivity index (χ1v) is 8.69. The van der Waals surface area contributed by atoms with Crippen molar-refractivity contribution in [2.45, 2.75) is 18.4 Å². The van der Waals surface area contributed by atoms with Crippen molar-refractivity contribution in [2.24, 2.45) is 5.73 Å². The normalized spacial score (nSPS) is 15.3. The Balaban J connectivity index is 0.00000261. The number of hydrogen-bond donors (Lipinski definition) is 3. The van der Waals surface area contributed by atoms with Crippen LogP contribution in [-0.4, -0.2) is 30.6 Å². The second-order valence-electron chi connectivity index (χ2n) is 6.26. The Kier molecular flexibility index (Phi) is 7.21. The van der Waals surface area contributed by atoms with E-state index in [0.717, 1.165) is 0 Å². The zero-order valence-corrected chi connectivity index (χ0v) is 16.1. The van der Waals surface area contributed by atoms with Gasteiger partial charge < -0.3 is 21.1 Å². The Morgan fingerprint density at radius 3 is 2.00 bits per heavy atom. The number of ether oxygens (including phenoxy) is 1. The lowest BCUT2D eigenvalue weighted by atomic mass is 9.90. The lowest BCUT2D eigenvalue weighted by Gasteiger charge is -2.31. The zero-order chi connectivity index (χ0) is 18.6. The molecule has 1 heterocycles. The van der Waals surface area contributed by atoms with Crippen molar-refractivity contribution >= 4 is 47.2 Å². The van der Waals surface area contributed by atoms with Gasteiger partial charge in [-0.2, -0.15) is 0 Å². The Bertz CT molecular complexity index is 789.